The highest BCUT2D eigenvalue weighted by atomic mass is 16.5. The highest BCUT2D eigenvalue weighted by molar-refractivity contribution is 5.96. The van der Waals surface area contributed by atoms with Crippen molar-refractivity contribution in [2.24, 2.45) is 0 Å². The quantitative estimate of drug-likeness (QED) is 0.494. The van der Waals surface area contributed by atoms with E-state index >= 15 is 0 Å². The minimum Gasteiger partial charge on any atom is -0.487 e. The van der Waals surface area contributed by atoms with Gasteiger partial charge in [0.05, 0.1) is 12.0 Å². The molecule has 2 aromatic carbocycles. The second kappa shape index (κ2) is 7.69. The maximum absolute atomic E-state index is 12.6. The number of benzene rings is 2. The van der Waals surface area contributed by atoms with Crippen LogP contribution in [0.15, 0.2) is 45.6 Å². The van der Waals surface area contributed by atoms with Gasteiger partial charge >= 0.3 is 5.63 Å². The molecule has 0 atom stereocenters. The molecule has 1 aliphatic rings. The van der Waals surface area contributed by atoms with Crippen LogP contribution in [-0.2, 0) is 17.6 Å². The molecule has 6 nitrogen and oxygen atoms in total. The van der Waals surface area contributed by atoms with Gasteiger partial charge in [-0.25, -0.2) is 4.79 Å². The summed E-state index contributed by atoms with van der Waals surface area (Å²) in [5, 5.41) is 3.58. The van der Waals surface area contributed by atoms with Crippen molar-refractivity contribution in [1.29, 1.82) is 0 Å². The van der Waals surface area contributed by atoms with Crippen LogP contribution in [0.1, 0.15) is 54.2 Å². The molecule has 4 rings (SSSR count). The van der Waals surface area contributed by atoms with E-state index in [1.165, 1.54) is 6.92 Å². The summed E-state index contributed by atoms with van der Waals surface area (Å²) in [6.45, 7) is 7.40. The number of Topliss-reactive ketones (excluding diaryl/α,β-unsaturated/α-hetero) is 1. The number of amides is 1. The molecule has 0 saturated carbocycles. The van der Waals surface area contributed by atoms with Crippen molar-refractivity contribution in [2.75, 3.05) is 5.32 Å². The Morgan fingerprint density at radius 3 is 2.52 bits per heavy atom. The third-order valence-corrected chi connectivity index (χ3v) is 5.76. The van der Waals surface area contributed by atoms with E-state index < -0.39 is 5.63 Å². The van der Waals surface area contributed by atoms with E-state index in [4.69, 9.17) is 9.15 Å². The summed E-state index contributed by atoms with van der Waals surface area (Å²) in [5.74, 6) is 0.373. The van der Waals surface area contributed by atoms with Gasteiger partial charge in [0.25, 0.3) is 0 Å². The monoisotopic (exact) mass is 419 g/mol. The lowest BCUT2D eigenvalue weighted by atomic mass is 9.92. The molecule has 0 fully saturated rings. The largest absolute Gasteiger partial charge is 0.487 e. The fourth-order valence-electron chi connectivity index (χ4n) is 3.89. The minimum atomic E-state index is -0.526. The lowest BCUT2D eigenvalue weighted by Gasteiger charge is -2.32. The van der Waals surface area contributed by atoms with E-state index in [0.717, 1.165) is 35.1 Å². The first-order valence-corrected chi connectivity index (χ1v) is 10.3. The smallest absolute Gasteiger partial charge is 0.340 e. The number of carbonyl (C=O) groups excluding carboxylic acids is 2. The number of aryl methyl sites for hydroxylation is 2. The van der Waals surface area contributed by atoms with Gasteiger partial charge in [-0.05, 0) is 82.0 Å². The van der Waals surface area contributed by atoms with Crippen LogP contribution in [0.5, 0.6) is 5.75 Å². The zero-order chi connectivity index (χ0) is 22.3. The van der Waals surface area contributed by atoms with Crippen molar-refractivity contribution in [3.8, 4) is 5.75 Å². The van der Waals surface area contributed by atoms with Gasteiger partial charge in [0.15, 0.2) is 5.78 Å². The zero-order valence-corrected chi connectivity index (χ0v) is 18.1. The first kappa shape index (κ1) is 20.8. The summed E-state index contributed by atoms with van der Waals surface area (Å²) in [6, 6.07) is 10.4. The number of ketones is 1. The molecule has 0 aliphatic carbocycles. The predicted octanol–water partition coefficient (Wildman–Crippen LogP) is 4.59. The highest BCUT2D eigenvalue weighted by Crippen LogP contribution is 2.36. The third-order valence-electron chi connectivity index (χ3n) is 5.76. The van der Waals surface area contributed by atoms with Crippen LogP contribution in [0.2, 0.25) is 0 Å². The number of hydrogen-bond acceptors (Lipinski definition) is 5. The Hall–Kier alpha value is -3.41. The summed E-state index contributed by atoms with van der Waals surface area (Å²) < 4.78 is 11.6. The van der Waals surface area contributed by atoms with Gasteiger partial charge in [0.2, 0.25) is 5.91 Å². The Morgan fingerprint density at radius 1 is 1.13 bits per heavy atom. The summed E-state index contributed by atoms with van der Waals surface area (Å²) in [7, 11) is 0. The molecule has 1 N–H and O–H groups in total. The number of nitrogens with one attached hydrogen (secondary N) is 1. The van der Waals surface area contributed by atoms with Crippen LogP contribution in [-0.4, -0.2) is 17.3 Å². The normalized spacial score (nSPS) is 14.6. The molecule has 6 heteroatoms. The highest BCUT2D eigenvalue weighted by Gasteiger charge is 2.27. The standard InChI is InChI=1S/C25H25NO5/c1-14-19-11-17-9-10-25(3,4)31-21(17)13-22(19)30-24(29)20(14)12-23(28)26-18-7-5-16(6-8-18)15(2)27/h5-8,11,13H,9-10,12H2,1-4H3,(H,26,28). The van der Waals surface area contributed by atoms with Gasteiger partial charge in [0, 0.05) is 22.7 Å². The number of rotatable bonds is 4. The van der Waals surface area contributed by atoms with Crippen LogP contribution < -0.4 is 15.7 Å². The van der Waals surface area contributed by atoms with Gasteiger partial charge in [-0.15, -0.1) is 0 Å². The molecule has 0 bridgehead atoms. The van der Waals surface area contributed by atoms with Crippen molar-refractivity contribution in [1.82, 2.24) is 0 Å². The van der Waals surface area contributed by atoms with Crippen molar-refractivity contribution in [3.63, 3.8) is 0 Å². The van der Waals surface area contributed by atoms with Gasteiger partial charge in [-0.1, -0.05) is 0 Å². The SMILES string of the molecule is CC(=O)c1ccc(NC(=O)Cc2c(C)c3cc4c(cc3oc2=O)OC(C)(C)CC4)cc1. The predicted molar refractivity (Wildman–Crippen MR) is 119 cm³/mol. The van der Waals surface area contributed by atoms with E-state index in [1.807, 2.05) is 26.8 Å². The molecule has 3 aromatic rings. The molecule has 0 saturated heterocycles. The van der Waals surface area contributed by atoms with Crippen LogP contribution in [0.3, 0.4) is 0 Å². The summed E-state index contributed by atoms with van der Waals surface area (Å²) in [4.78, 5) is 36.6. The van der Waals surface area contributed by atoms with Crippen molar-refractivity contribution in [2.45, 2.75) is 52.6 Å². The minimum absolute atomic E-state index is 0.0431. The molecule has 1 aliphatic heterocycles. The van der Waals surface area contributed by atoms with Crippen LogP contribution in [0, 0.1) is 6.92 Å². The van der Waals surface area contributed by atoms with Crippen molar-refractivity contribution >= 4 is 28.3 Å². The average molecular weight is 419 g/mol. The van der Waals surface area contributed by atoms with E-state index in [-0.39, 0.29) is 23.7 Å². The van der Waals surface area contributed by atoms with Gasteiger partial charge in [0.1, 0.15) is 16.9 Å². The Labute approximate surface area is 180 Å². The maximum atomic E-state index is 12.6. The molecule has 0 spiro atoms. The molecule has 0 unspecified atom stereocenters. The fourth-order valence-corrected chi connectivity index (χ4v) is 3.89. The lowest BCUT2D eigenvalue weighted by molar-refractivity contribution is -0.115. The van der Waals surface area contributed by atoms with E-state index in [1.54, 1.807) is 30.3 Å². The molecule has 31 heavy (non-hydrogen) atoms. The van der Waals surface area contributed by atoms with E-state index in [9.17, 15) is 14.4 Å². The molecule has 2 heterocycles. The summed E-state index contributed by atoms with van der Waals surface area (Å²) >= 11 is 0. The third kappa shape index (κ3) is 4.24. The Morgan fingerprint density at radius 2 is 1.84 bits per heavy atom. The lowest BCUT2D eigenvalue weighted by Crippen LogP contribution is -2.32. The first-order valence-electron chi connectivity index (χ1n) is 10.3. The molecule has 1 amide bonds. The fraction of sp³-hybridized carbons (Fsp3) is 0.320. The second-order valence-electron chi connectivity index (χ2n) is 8.67. The van der Waals surface area contributed by atoms with E-state index in [0.29, 0.717) is 22.4 Å². The zero-order valence-electron chi connectivity index (χ0n) is 18.1. The number of carbonyl (C=O) groups is 2. The average Bonchev–Trinajstić information content (AvgIpc) is 2.70. The molecular weight excluding hydrogens is 394 g/mol. The number of fused-ring (bicyclic) bond motifs is 2. The number of ether oxygens (including phenoxy) is 1. The second-order valence-corrected chi connectivity index (χ2v) is 8.67. The summed E-state index contributed by atoms with van der Waals surface area (Å²) in [5.41, 5.74) is 2.96. The molecular formula is C25H25NO5. The first-order chi connectivity index (χ1) is 14.6. The maximum Gasteiger partial charge on any atom is 0.340 e. The van der Waals surface area contributed by atoms with Crippen LogP contribution >= 0.6 is 0 Å². The topological polar surface area (TPSA) is 85.6 Å². The Balaban J connectivity index is 1.61. The molecule has 160 valence electrons. The van der Waals surface area contributed by atoms with Crippen molar-refractivity contribution in [3.05, 3.63) is 69.1 Å². The molecule has 0 radical (unpaired) electrons. The summed E-state index contributed by atoms with van der Waals surface area (Å²) in [6.07, 6.45) is 1.68. The molecule has 1 aromatic heterocycles. The van der Waals surface area contributed by atoms with Gasteiger partial charge < -0.3 is 14.5 Å². The van der Waals surface area contributed by atoms with E-state index in [2.05, 4.69) is 5.32 Å². The van der Waals surface area contributed by atoms with Crippen molar-refractivity contribution < 1.29 is 18.7 Å². The Bertz CT molecular complexity index is 1250. The Kier molecular flexibility index (Phi) is 5.17. The van der Waals surface area contributed by atoms with Crippen LogP contribution in [0.4, 0.5) is 5.69 Å². The number of anilines is 1. The van der Waals surface area contributed by atoms with Gasteiger partial charge in [-0.3, -0.25) is 9.59 Å². The number of hydrogen-bond donors (Lipinski definition) is 1. The van der Waals surface area contributed by atoms with Gasteiger partial charge in [-0.2, -0.15) is 0 Å². The van der Waals surface area contributed by atoms with Crippen LogP contribution in [0.25, 0.3) is 11.0 Å².